The maximum Gasteiger partial charge on any atom is 0.0573 e. The second kappa shape index (κ2) is 10.9. The van der Waals surface area contributed by atoms with Crippen molar-refractivity contribution in [3.05, 3.63) is 60.2 Å². The van der Waals surface area contributed by atoms with Gasteiger partial charge in [0.25, 0.3) is 0 Å². The van der Waals surface area contributed by atoms with Crippen LogP contribution in [0.5, 0.6) is 0 Å². The number of benzene rings is 1. The maximum absolute atomic E-state index is 4.41. The highest BCUT2D eigenvalue weighted by molar-refractivity contribution is 5.98. The zero-order valence-corrected chi connectivity index (χ0v) is 11.4. The number of nitrogens with zero attached hydrogens (tertiary/aromatic N) is 1. The molecular weight excluding hydrogens is 206 g/mol. The minimum absolute atomic E-state index is 0.775. The predicted molar refractivity (Wildman–Crippen MR) is 78.8 cm³/mol. The molecule has 17 heavy (non-hydrogen) atoms. The summed E-state index contributed by atoms with van der Waals surface area (Å²) in [6.07, 6.45) is 8.06. The molecule has 0 aliphatic carbocycles. The van der Waals surface area contributed by atoms with Gasteiger partial charge >= 0.3 is 0 Å². The summed E-state index contributed by atoms with van der Waals surface area (Å²) in [4.78, 5) is 4.41. The minimum atomic E-state index is 0.775. The Morgan fingerprint density at radius 1 is 1.00 bits per heavy atom. The molecule has 0 fully saturated rings. The molecule has 0 heterocycles. The molecule has 0 amide bonds. The van der Waals surface area contributed by atoms with Crippen LogP contribution in [-0.4, -0.2) is 12.3 Å². The van der Waals surface area contributed by atoms with E-state index in [4.69, 9.17) is 0 Å². The summed E-state index contributed by atoms with van der Waals surface area (Å²) in [6, 6.07) is 10.2. The van der Waals surface area contributed by atoms with Gasteiger partial charge in [0.15, 0.2) is 0 Å². The van der Waals surface area contributed by atoms with Gasteiger partial charge in [-0.1, -0.05) is 54.6 Å². The molecule has 0 unspecified atom stereocenters. The van der Waals surface area contributed by atoms with Gasteiger partial charge in [-0.15, -0.1) is 0 Å². The number of hydrogen-bond acceptors (Lipinski definition) is 1. The Labute approximate surface area is 106 Å². The van der Waals surface area contributed by atoms with Gasteiger partial charge in [-0.05, 0) is 33.3 Å². The molecule has 1 aromatic rings. The monoisotopic (exact) mass is 229 g/mol. The standard InChI is InChI=1S/C12H15N.C4H8/c1-3-4-10-13-11(2)12-8-6-5-7-9-12;1-3-4-2/h3-9H,10H2,1-2H3;3-4H,1-2H3/b4-3-,13-11?;4-3-. The van der Waals surface area contributed by atoms with E-state index < -0.39 is 0 Å². The van der Waals surface area contributed by atoms with Crippen LogP contribution in [0.3, 0.4) is 0 Å². The summed E-state index contributed by atoms with van der Waals surface area (Å²) < 4.78 is 0. The average molecular weight is 229 g/mol. The Hall–Kier alpha value is -1.63. The van der Waals surface area contributed by atoms with Crippen LogP contribution in [0.25, 0.3) is 0 Å². The SMILES string of the molecule is C/C=C\C.C/C=C\CN=C(C)c1ccccc1. The number of aliphatic imine (C=N–C) groups is 1. The van der Waals surface area contributed by atoms with Gasteiger partial charge < -0.3 is 0 Å². The summed E-state index contributed by atoms with van der Waals surface area (Å²) in [5.74, 6) is 0. The van der Waals surface area contributed by atoms with Crippen LogP contribution in [0.2, 0.25) is 0 Å². The summed E-state index contributed by atoms with van der Waals surface area (Å²) in [7, 11) is 0. The van der Waals surface area contributed by atoms with Crippen LogP contribution in [-0.2, 0) is 0 Å². The first-order chi connectivity index (χ1) is 8.26. The summed E-state index contributed by atoms with van der Waals surface area (Å²) in [5, 5.41) is 0. The molecule has 0 radical (unpaired) electrons. The molecule has 1 aromatic carbocycles. The van der Waals surface area contributed by atoms with Gasteiger partial charge in [0.1, 0.15) is 0 Å². The summed E-state index contributed by atoms with van der Waals surface area (Å²) in [5.41, 5.74) is 2.30. The van der Waals surface area contributed by atoms with Crippen molar-refractivity contribution >= 4 is 5.71 Å². The van der Waals surface area contributed by atoms with Crippen molar-refractivity contribution in [2.24, 2.45) is 4.99 Å². The Kier molecular flexibility index (Phi) is 9.83. The fourth-order valence-corrected chi connectivity index (χ4v) is 1.07. The Bertz CT molecular complexity index is 354. The number of rotatable bonds is 3. The second-order valence-corrected chi connectivity index (χ2v) is 3.53. The van der Waals surface area contributed by atoms with E-state index in [0.717, 1.165) is 12.3 Å². The zero-order valence-electron chi connectivity index (χ0n) is 11.4. The fraction of sp³-hybridized carbons (Fsp3) is 0.312. The van der Waals surface area contributed by atoms with E-state index in [9.17, 15) is 0 Å². The molecule has 0 spiro atoms. The Morgan fingerprint density at radius 3 is 2.06 bits per heavy atom. The average Bonchev–Trinajstić information content (AvgIpc) is 2.40. The molecule has 0 N–H and O–H groups in total. The highest BCUT2D eigenvalue weighted by Crippen LogP contribution is 2.00. The van der Waals surface area contributed by atoms with Crippen molar-refractivity contribution in [2.75, 3.05) is 6.54 Å². The molecule has 0 saturated heterocycles. The molecule has 0 aromatic heterocycles. The lowest BCUT2D eigenvalue weighted by atomic mass is 10.1. The molecule has 0 atom stereocenters. The lowest BCUT2D eigenvalue weighted by Crippen LogP contribution is -1.94. The molecule has 0 aliphatic rings. The number of hydrogen-bond donors (Lipinski definition) is 0. The van der Waals surface area contributed by atoms with Crippen LogP contribution in [0.1, 0.15) is 33.3 Å². The lowest BCUT2D eigenvalue weighted by molar-refractivity contribution is 1.23. The van der Waals surface area contributed by atoms with Crippen molar-refractivity contribution < 1.29 is 0 Å². The maximum atomic E-state index is 4.41. The summed E-state index contributed by atoms with van der Waals surface area (Å²) in [6.45, 7) is 8.82. The first-order valence-corrected chi connectivity index (χ1v) is 6.01. The van der Waals surface area contributed by atoms with E-state index in [1.54, 1.807) is 0 Å². The van der Waals surface area contributed by atoms with E-state index in [0.29, 0.717) is 0 Å². The van der Waals surface area contributed by atoms with E-state index >= 15 is 0 Å². The Balaban J connectivity index is 0.000000557. The van der Waals surface area contributed by atoms with Crippen LogP contribution in [0, 0.1) is 0 Å². The van der Waals surface area contributed by atoms with E-state index in [2.05, 4.69) is 17.1 Å². The van der Waals surface area contributed by atoms with Gasteiger partial charge in [0.2, 0.25) is 0 Å². The third kappa shape index (κ3) is 8.21. The van der Waals surface area contributed by atoms with Gasteiger partial charge in [0.05, 0.1) is 6.54 Å². The third-order valence-corrected chi connectivity index (χ3v) is 2.19. The normalized spacial score (nSPS) is 11.6. The van der Waals surface area contributed by atoms with Crippen LogP contribution >= 0.6 is 0 Å². The summed E-state index contributed by atoms with van der Waals surface area (Å²) >= 11 is 0. The smallest absolute Gasteiger partial charge is 0.0573 e. The highest BCUT2D eigenvalue weighted by atomic mass is 14.7. The molecule has 1 rings (SSSR count). The topological polar surface area (TPSA) is 12.4 Å². The molecule has 0 bridgehead atoms. The van der Waals surface area contributed by atoms with E-state index in [1.165, 1.54) is 5.56 Å². The molecule has 1 heteroatoms. The largest absolute Gasteiger partial charge is 0.285 e. The van der Waals surface area contributed by atoms with Crippen molar-refractivity contribution in [1.29, 1.82) is 0 Å². The van der Waals surface area contributed by atoms with Crippen LogP contribution in [0.15, 0.2) is 59.6 Å². The molecule has 0 saturated carbocycles. The highest BCUT2D eigenvalue weighted by Gasteiger charge is 1.92. The van der Waals surface area contributed by atoms with E-state index in [-0.39, 0.29) is 0 Å². The third-order valence-electron chi connectivity index (χ3n) is 2.19. The predicted octanol–water partition coefficient (Wildman–Crippen LogP) is 4.65. The van der Waals surface area contributed by atoms with Crippen LogP contribution < -0.4 is 0 Å². The van der Waals surface area contributed by atoms with E-state index in [1.807, 2.05) is 70.2 Å². The Morgan fingerprint density at radius 2 is 1.59 bits per heavy atom. The van der Waals surface area contributed by atoms with Crippen molar-refractivity contribution in [3.8, 4) is 0 Å². The van der Waals surface area contributed by atoms with Gasteiger partial charge in [-0.25, -0.2) is 0 Å². The lowest BCUT2D eigenvalue weighted by Gasteiger charge is -1.98. The quantitative estimate of drug-likeness (QED) is 0.528. The second-order valence-electron chi connectivity index (χ2n) is 3.53. The van der Waals surface area contributed by atoms with Crippen molar-refractivity contribution in [1.82, 2.24) is 0 Å². The molecule has 1 nitrogen and oxygen atoms in total. The van der Waals surface area contributed by atoms with Gasteiger partial charge in [0, 0.05) is 5.71 Å². The van der Waals surface area contributed by atoms with Crippen LogP contribution in [0.4, 0.5) is 0 Å². The van der Waals surface area contributed by atoms with Gasteiger partial charge in [-0.3, -0.25) is 4.99 Å². The number of allylic oxidation sites excluding steroid dienone is 3. The molecule has 0 aliphatic heterocycles. The first kappa shape index (κ1) is 15.4. The van der Waals surface area contributed by atoms with Gasteiger partial charge in [-0.2, -0.15) is 0 Å². The zero-order chi connectivity index (χ0) is 12.9. The van der Waals surface area contributed by atoms with Crippen molar-refractivity contribution in [3.63, 3.8) is 0 Å². The fourth-order valence-electron chi connectivity index (χ4n) is 1.07. The first-order valence-electron chi connectivity index (χ1n) is 6.01. The molecule has 92 valence electrons. The molecular formula is C16H23N. The van der Waals surface area contributed by atoms with Crippen molar-refractivity contribution in [2.45, 2.75) is 27.7 Å². The minimum Gasteiger partial charge on any atom is -0.285 e.